The number of nitrogens with one attached hydrogen (secondary N) is 1. The zero-order valence-corrected chi connectivity index (χ0v) is 4.72. The van der Waals surface area contributed by atoms with Crippen LogP contribution in [-0.2, 0) is 0 Å². The third-order valence-corrected chi connectivity index (χ3v) is 1.21. The van der Waals surface area contributed by atoms with Crippen LogP contribution in [0.25, 0.3) is 0 Å². The zero-order valence-electron chi connectivity index (χ0n) is 4.72. The highest BCUT2D eigenvalue weighted by Gasteiger charge is 2.08. The molecule has 2 heterocycles. The van der Waals surface area contributed by atoms with Crippen LogP contribution in [0.2, 0.25) is 0 Å². The van der Waals surface area contributed by atoms with Gasteiger partial charge in [0.2, 0.25) is 0 Å². The van der Waals surface area contributed by atoms with Crippen molar-refractivity contribution in [3.05, 3.63) is 18.5 Å². The van der Waals surface area contributed by atoms with E-state index in [1.54, 1.807) is 6.20 Å². The maximum Gasteiger partial charge on any atom is 0.173 e. The maximum absolute atomic E-state index is 5.07. The van der Waals surface area contributed by atoms with Gasteiger partial charge in [-0.1, -0.05) is 0 Å². The summed E-state index contributed by atoms with van der Waals surface area (Å²) in [6.45, 7) is 0.539. The Hall–Kier alpha value is -1.25. The van der Waals surface area contributed by atoms with Crippen molar-refractivity contribution in [3.8, 4) is 5.75 Å². The van der Waals surface area contributed by atoms with Gasteiger partial charge in [-0.3, -0.25) is 4.98 Å². The molecule has 1 aromatic heterocycles. The lowest BCUT2D eigenvalue weighted by atomic mass is 10.4. The van der Waals surface area contributed by atoms with Crippen LogP contribution in [0.15, 0.2) is 12.3 Å². The molecule has 0 aromatic carbocycles. The van der Waals surface area contributed by atoms with Gasteiger partial charge in [0.05, 0.1) is 5.69 Å². The molecule has 1 aliphatic heterocycles. The molecule has 3 nitrogen and oxygen atoms in total. The lowest BCUT2D eigenvalue weighted by Gasteiger charge is -1.89. The van der Waals surface area contributed by atoms with Gasteiger partial charge in [-0.2, -0.15) is 0 Å². The van der Waals surface area contributed by atoms with Gasteiger partial charge in [-0.05, 0) is 6.07 Å². The summed E-state index contributed by atoms with van der Waals surface area (Å²) in [4.78, 5) is 3.77. The number of nitrogens with zero attached hydrogens (tertiary/aromatic N) is 1. The van der Waals surface area contributed by atoms with Crippen LogP contribution in [0.3, 0.4) is 0 Å². The number of aromatic nitrogens is 1. The minimum atomic E-state index is 0.539. The zero-order chi connectivity index (χ0) is 6.10. The summed E-state index contributed by atoms with van der Waals surface area (Å²) in [6.07, 6.45) is 4.40. The Morgan fingerprint density at radius 2 is 2.78 bits per heavy atom. The molecule has 1 aromatic rings. The van der Waals surface area contributed by atoms with Gasteiger partial charge in [0.15, 0.2) is 12.5 Å². The molecule has 1 N–H and O–H groups in total. The molecule has 0 aliphatic carbocycles. The second kappa shape index (κ2) is 1.62. The highest BCUT2D eigenvalue weighted by Crippen LogP contribution is 2.25. The Morgan fingerprint density at radius 3 is 3.67 bits per heavy atom. The molecule has 2 rings (SSSR count). The second-order valence-corrected chi connectivity index (χ2v) is 1.76. The number of pyridine rings is 1. The van der Waals surface area contributed by atoms with Crippen molar-refractivity contribution in [1.82, 2.24) is 4.98 Å². The summed E-state index contributed by atoms with van der Waals surface area (Å²) in [6, 6.07) is 1.86. The lowest BCUT2D eigenvalue weighted by molar-refractivity contribution is 0.370. The van der Waals surface area contributed by atoms with Gasteiger partial charge in [0.1, 0.15) is 6.20 Å². The average Bonchev–Trinajstić information content (AvgIpc) is 2.33. The Bertz CT molecular complexity index is 201. The molecular weight excluding hydrogens is 116 g/mol. The first-order chi connectivity index (χ1) is 4.47. The molecule has 0 unspecified atom stereocenters. The van der Waals surface area contributed by atoms with E-state index in [-0.39, 0.29) is 0 Å². The third-order valence-electron chi connectivity index (χ3n) is 1.21. The third kappa shape index (κ3) is 0.614. The summed E-state index contributed by atoms with van der Waals surface area (Å²) in [7, 11) is 0. The minimum absolute atomic E-state index is 0.539. The summed E-state index contributed by atoms with van der Waals surface area (Å²) in [5.74, 6) is 0.720. The highest BCUT2D eigenvalue weighted by atomic mass is 16.5. The summed E-state index contributed by atoms with van der Waals surface area (Å²) in [5, 5.41) is 3.01. The molecule has 0 saturated carbocycles. The van der Waals surface area contributed by atoms with Gasteiger partial charge in [-0.25, -0.2) is 0 Å². The fraction of sp³-hybridized carbons (Fsp3) is 0.167. The van der Waals surface area contributed by atoms with E-state index in [9.17, 15) is 0 Å². The predicted octanol–water partition coefficient (Wildman–Crippen LogP) is 0.644. The molecule has 0 fully saturated rings. The standard InChI is InChI=1S/C6H5N2O/c1-2-7-3-6-5(1)8-4-9-6/h1-2,8H,4H2. The quantitative estimate of drug-likeness (QED) is 0.547. The number of hydrogen-bond acceptors (Lipinski definition) is 3. The van der Waals surface area contributed by atoms with E-state index in [0.717, 1.165) is 11.4 Å². The number of anilines is 1. The van der Waals surface area contributed by atoms with Gasteiger partial charge in [0, 0.05) is 6.20 Å². The molecule has 0 amide bonds. The molecule has 0 bridgehead atoms. The van der Waals surface area contributed by atoms with Crippen molar-refractivity contribution in [3.63, 3.8) is 0 Å². The van der Waals surface area contributed by atoms with E-state index < -0.39 is 0 Å². The van der Waals surface area contributed by atoms with E-state index >= 15 is 0 Å². The van der Waals surface area contributed by atoms with Crippen molar-refractivity contribution in [2.24, 2.45) is 0 Å². The van der Waals surface area contributed by atoms with Gasteiger partial charge in [0.25, 0.3) is 0 Å². The van der Waals surface area contributed by atoms with Crippen LogP contribution >= 0.6 is 0 Å². The Kier molecular flexibility index (Phi) is 0.828. The smallest absolute Gasteiger partial charge is 0.173 e. The SMILES string of the molecule is [c]1nccc2c1OCN2. The largest absolute Gasteiger partial charge is 0.469 e. The molecule has 1 aliphatic rings. The van der Waals surface area contributed by atoms with Crippen molar-refractivity contribution in [2.45, 2.75) is 0 Å². The highest BCUT2D eigenvalue weighted by molar-refractivity contribution is 5.56. The number of hydrogen-bond donors (Lipinski definition) is 1. The Morgan fingerprint density at radius 1 is 1.78 bits per heavy atom. The van der Waals surface area contributed by atoms with Crippen molar-refractivity contribution < 1.29 is 4.74 Å². The fourth-order valence-corrected chi connectivity index (χ4v) is 0.779. The normalized spacial score (nSPS) is 13.8. The predicted molar refractivity (Wildman–Crippen MR) is 32.2 cm³/mol. The number of ether oxygens (including phenoxy) is 1. The first-order valence-corrected chi connectivity index (χ1v) is 2.70. The fourth-order valence-electron chi connectivity index (χ4n) is 0.779. The van der Waals surface area contributed by atoms with Crippen molar-refractivity contribution >= 4 is 5.69 Å². The summed E-state index contributed by atoms with van der Waals surface area (Å²) in [5.41, 5.74) is 0.977. The first kappa shape index (κ1) is 4.61. The van der Waals surface area contributed by atoms with Gasteiger partial charge < -0.3 is 10.1 Å². The number of rotatable bonds is 0. The lowest BCUT2D eigenvalue weighted by Crippen LogP contribution is -1.96. The molecule has 0 atom stereocenters. The summed E-state index contributed by atoms with van der Waals surface area (Å²) < 4.78 is 5.07. The van der Waals surface area contributed by atoms with Gasteiger partial charge in [-0.15, -0.1) is 0 Å². The van der Waals surface area contributed by atoms with E-state index in [0.29, 0.717) is 6.73 Å². The maximum atomic E-state index is 5.07. The minimum Gasteiger partial charge on any atom is -0.469 e. The average molecular weight is 121 g/mol. The molecule has 0 saturated heterocycles. The van der Waals surface area contributed by atoms with Crippen molar-refractivity contribution in [1.29, 1.82) is 0 Å². The van der Waals surface area contributed by atoms with Gasteiger partial charge >= 0.3 is 0 Å². The van der Waals surface area contributed by atoms with Crippen LogP contribution in [0.4, 0.5) is 5.69 Å². The van der Waals surface area contributed by atoms with E-state index in [1.807, 2.05) is 6.07 Å². The van der Waals surface area contributed by atoms with E-state index in [4.69, 9.17) is 4.74 Å². The van der Waals surface area contributed by atoms with Crippen LogP contribution in [0.1, 0.15) is 0 Å². The monoisotopic (exact) mass is 121 g/mol. The molecule has 3 heteroatoms. The second-order valence-electron chi connectivity index (χ2n) is 1.76. The topological polar surface area (TPSA) is 34.1 Å². The molecule has 1 radical (unpaired) electrons. The van der Waals surface area contributed by atoms with E-state index in [2.05, 4.69) is 16.5 Å². The molecule has 0 spiro atoms. The van der Waals surface area contributed by atoms with Crippen LogP contribution in [-0.4, -0.2) is 11.7 Å². The molecule has 9 heavy (non-hydrogen) atoms. The van der Waals surface area contributed by atoms with Crippen LogP contribution in [0.5, 0.6) is 5.75 Å². The Labute approximate surface area is 52.7 Å². The Balaban J connectivity index is 2.54. The van der Waals surface area contributed by atoms with Crippen LogP contribution in [0, 0.1) is 6.20 Å². The first-order valence-electron chi connectivity index (χ1n) is 2.70. The van der Waals surface area contributed by atoms with Crippen LogP contribution < -0.4 is 10.1 Å². The van der Waals surface area contributed by atoms with E-state index in [1.165, 1.54) is 0 Å². The van der Waals surface area contributed by atoms with Crippen molar-refractivity contribution in [2.75, 3.05) is 12.0 Å². The summed E-state index contributed by atoms with van der Waals surface area (Å²) >= 11 is 0. The molecular formula is C6H5N2O. The molecule has 45 valence electrons. The number of fused-ring (bicyclic) bond motifs is 1.